The molecule has 3 nitrogen and oxygen atoms in total. The Labute approximate surface area is 116 Å². The van der Waals surface area contributed by atoms with E-state index in [0.29, 0.717) is 5.75 Å². The number of benzene rings is 1. The van der Waals surface area contributed by atoms with Crippen molar-refractivity contribution in [3.05, 3.63) is 29.3 Å². The number of rotatable bonds is 4. The molecule has 1 fully saturated rings. The Hall–Kier alpha value is -1.06. The van der Waals surface area contributed by atoms with Crippen LogP contribution in [0.25, 0.3) is 0 Å². The van der Waals surface area contributed by atoms with E-state index >= 15 is 0 Å². The average Bonchev–Trinajstić information content (AvgIpc) is 2.77. The molecule has 106 valence electrons. The molecule has 0 aliphatic carbocycles. The SMILES string of the molecule is Cc1ccc(O)c(C(C)N(C)CC2CCN(C)C2)c1. The van der Waals surface area contributed by atoms with E-state index in [1.165, 1.54) is 25.1 Å². The van der Waals surface area contributed by atoms with E-state index in [1.807, 2.05) is 6.07 Å². The zero-order valence-electron chi connectivity index (χ0n) is 12.6. The smallest absolute Gasteiger partial charge is 0.120 e. The first-order valence-corrected chi connectivity index (χ1v) is 7.15. The van der Waals surface area contributed by atoms with Gasteiger partial charge in [0.1, 0.15) is 5.75 Å². The second-order valence-corrected chi connectivity index (χ2v) is 6.09. The lowest BCUT2D eigenvalue weighted by molar-refractivity contribution is 0.216. The molecule has 2 rings (SSSR count). The number of hydrogen-bond donors (Lipinski definition) is 1. The van der Waals surface area contributed by atoms with Crippen LogP contribution in [-0.2, 0) is 0 Å². The third kappa shape index (κ3) is 3.48. The van der Waals surface area contributed by atoms with Gasteiger partial charge in [-0.1, -0.05) is 17.7 Å². The summed E-state index contributed by atoms with van der Waals surface area (Å²) in [6.45, 7) is 7.74. The zero-order chi connectivity index (χ0) is 14.0. The van der Waals surface area contributed by atoms with Gasteiger partial charge in [0.25, 0.3) is 0 Å². The van der Waals surface area contributed by atoms with Gasteiger partial charge in [0.2, 0.25) is 0 Å². The first-order valence-electron chi connectivity index (χ1n) is 7.15. The van der Waals surface area contributed by atoms with Gasteiger partial charge in [0, 0.05) is 24.7 Å². The highest BCUT2D eigenvalue weighted by Gasteiger charge is 2.23. The van der Waals surface area contributed by atoms with Gasteiger partial charge in [-0.2, -0.15) is 0 Å². The number of aromatic hydroxyl groups is 1. The molecule has 1 aromatic carbocycles. The largest absolute Gasteiger partial charge is 0.508 e. The normalized spacial score (nSPS) is 22.1. The van der Waals surface area contributed by atoms with Crippen molar-refractivity contribution in [1.29, 1.82) is 0 Å². The van der Waals surface area contributed by atoms with Crippen molar-refractivity contribution >= 4 is 0 Å². The molecule has 0 spiro atoms. The van der Waals surface area contributed by atoms with E-state index in [2.05, 4.69) is 43.8 Å². The number of phenolic OH excluding ortho intramolecular Hbond substituents is 1. The van der Waals surface area contributed by atoms with Crippen molar-refractivity contribution in [3.63, 3.8) is 0 Å². The summed E-state index contributed by atoms with van der Waals surface area (Å²) in [5, 5.41) is 10.0. The summed E-state index contributed by atoms with van der Waals surface area (Å²) >= 11 is 0. The highest BCUT2D eigenvalue weighted by atomic mass is 16.3. The van der Waals surface area contributed by atoms with Gasteiger partial charge in [-0.3, -0.25) is 4.90 Å². The van der Waals surface area contributed by atoms with Crippen LogP contribution in [0.15, 0.2) is 18.2 Å². The fraction of sp³-hybridized carbons (Fsp3) is 0.625. The monoisotopic (exact) mass is 262 g/mol. The molecule has 1 aliphatic rings. The van der Waals surface area contributed by atoms with E-state index in [1.54, 1.807) is 6.07 Å². The Kier molecular flexibility index (Phi) is 4.48. The molecule has 1 heterocycles. The van der Waals surface area contributed by atoms with Crippen LogP contribution in [0.5, 0.6) is 5.75 Å². The Morgan fingerprint density at radius 1 is 1.47 bits per heavy atom. The quantitative estimate of drug-likeness (QED) is 0.903. The first kappa shape index (κ1) is 14.4. The highest BCUT2D eigenvalue weighted by molar-refractivity contribution is 5.37. The maximum Gasteiger partial charge on any atom is 0.120 e. The van der Waals surface area contributed by atoms with E-state index in [0.717, 1.165) is 18.0 Å². The Morgan fingerprint density at radius 3 is 2.84 bits per heavy atom. The number of nitrogens with zero attached hydrogens (tertiary/aromatic N) is 2. The summed E-state index contributed by atoms with van der Waals surface area (Å²) < 4.78 is 0. The second kappa shape index (κ2) is 5.93. The van der Waals surface area contributed by atoms with Crippen LogP contribution in [0.2, 0.25) is 0 Å². The maximum atomic E-state index is 10.0. The molecule has 1 N–H and O–H groups in total. The van der Waals surface area contributed by atoms with Crippen LogP contribution >= 0.6 is 0 Å². The molecule has 0 saturated carbocycles. The van der Waals surface area contributed by atoms with Crippen LogP contribution in [-0.4, -0.2) is 48.6 Å². The van der Waals surface area contributed by atoms with Crippen molar-refractivity contribution in [3.8, 4) is 5.75 Å². The minimum atomic E-state index is 0.255. The molecule has 0 amide bonds. The van der Waals surface area contributed by atoms with E-state index < -0.39 is 0 Å². The molecule has 0 radical (unpaired) electrons. The fourth-order valence-corrected chi connectivity index (χ4v) is 2.99. The Morgan fingerprint density at radius 2 is 2.21 bits per heavy atom. The second-order valence-electron chi connectivity index (χ2n) is 6.09. The lowest BCUT2D eigenvalue weighted by Crippen LogP contribution is -2.29. The van der Waals surface area contributed by atoms with E-state index in [-0.39, 0.29) is 6.04 Å². The van der Waals surface area contributed by atoms with Gasteiger partial charge in [-0.15, -0.1) is 0 Å². The summed E-state index contributed by atoms with van der Waals surface area (Å²) in [5.41, 5.74) is 2.24. The first-order chi connectivity index (χ1) is 8.97. The standard InChI is InChI=1S/C16H26N2O/c1-12-5-6-16(19)15(9-12)13(2)18(4)11-14-7-8-17(3)10-14/h5-6,9,13-14,19H,7-8,10-11H2,1-4H3. The van der Waals surface area contributed by atoms with Crippen LogP contribution in [0.4, 0.5) is 0 Å². The van der Waals surface area contributed by atoms with Crippen molar-refractivity contribution in [2.45, 2.75) is 26.3 Å². The van der Waals surface area contributed by atoms with Gasteiger partial charge >= 0.3 is 0 Å². The predicted octanol–water partition coefficient (Wildman–Crippen LogP) is 2.65. The molecular weight excluding hydrogens is 236 g/mol. The van der Waals surface area contributed by atoms with Crippen LogP contribution in [0.3, 0.4) is 0 Å². The lowest BCUT2D eigenvalue weighted by Gasteiger charge is -2.28. The zero-order valence-corrected chi connectivity index (χ0v) is 12.6. The molecule has 2 atom stereocenters. The third-order valence-corrected chi connectivity index (χ3v) is 4.33. The van der Waals surface area contributed by atoms with Crippen molar-refractivity contribution < 1.29 is 5.11 Å². The summed E-state index contributed by atoms with van der Waals surface area (Å²) in [6, 6.07) is 6.11. The Bertz CT molecular complexity index is 433. The molecule has 3 heteroatoms. The number of likely N-dealkylation sites (tertiary alicyclic amines) is 1. The van der Waals surface area contributed by atoms with Gasteiger partial charge in [-0.25, -0.2) is 0 Å². The summed E-state index contributed by atoms with van der Waals surface area (Å²) in [4.78, 5) is 4.76. The molecule has 0 bridgehead atoms. The third-order valence-electron chi connectivity index (χ3n) is 4.33. The molecule has 1 aromatic rings. The average molecular weight is 262 g/mol. The van der Waals surface area contributed by atoms with Gasteiger partial charge in [-0.05, 0) is 52.9 Å². The van der Waals surface area contributed by atoms with Crippen LogP contribution in [0, 0.1) is 12.8 Å². The molecular formula is C16H26N2O. The molecule has 1 saturated heterocycles. The number of aryl methyl sites for hydroxylation is 1. The minimum Gasteiger partial charge on any atom is -0.508 e. The van der Waals surface area contributed by atoms with Gasteiger partial charge in [0.15, 0.2) is 0 Å². The van der Waals surface area contributed by atoms with Crippen LogP contribution in [0.1, 0.15) is 30.5 Å². The molecule has 19 heavy (non-hydrogen) atoms. The lowest BCUT2D eigenvalue weighted by atomic mass is 10.0. The molecule has 0 aromatic heterocycles. The number of hydrogen-bond acceptors (Lipinski definition) is 3. The van der Waals surface area contributed by atoms with Gasteiger partial charge in [0.05, 0.1) is 0 Å². The van der Waals surface area contributed by atoms with Gasteiger partial charge < -0.3 is 10.0 Å². The minimum absolute atomic E-state index is 0.255. The van der Waals surface area contributed by atoms with E-state index in [4.69, 9.17) is 0 Å². The topological polar surface area (TPSA) is 26.7 Å². The van der Waals surface area contributed by atoms with Crippen LogP contribution < -0.4 is 0 Å². The molecule has 1 aliphatic heterocycles. The summed E-state index contributed by atoms with van der Waals surface area (Å²) in [5.74, 6) is 1.16. The van der Waals surface area contributed by atoms with E-state index in [9.17, 15) is 5.11 Å². The fourth-order valence-electron chi connectivity index (χ4n) is 2.99. The number of phenols is 1. The summed E-state index contributed by atoms with van der Waals surface area (Å²) in [7, 11) is 4.35. The molecule has 2 unspecified atom stereocenters. The Balaban J connectivity index is 2.02. The summed E-state index contributed by atoms with van der Waals surface area (Å²) in [6.07, 6.45) is 1.29. The highest BCUT2D eigenvalue weighted by Crippen LogP contribution is 2.29. The van der Waals surface area contributed by atoms with Crippen molar-refractivity contribution in [2.75, 3.05) is 33.7 Å². The predicted molar refractivity (Wildman–Crippen MR) is 79.5 cm³/mol. The maximum absolute atomic E-state index is 10.0. The van der Waals surface area contributed by atoms with Crippen molar-refractivity contribution in [1.82, 2.24) is 9.80 Å². The van der Waals surface area contributed by atoms with Crippen molar-refractivity contribution in [2.24, 2.45) is 5.92 Å².